The summed E-state index contributed by atoms with van der Waals surface area (Å²) in [5.41, 5.74) is -5.27. The zero-order chi connectivity index (χ0) is 29.8. The third-order valence-corrected chi connectivity index (χ3v) is 6.60. The largest absolute Gasteiger partial charge is 0.457 e. The number of esters is 4. The number of benzene rings is 4. The van der Waals surface area contributed by atoms with Gasteiger partial charge in [-0.15, -0.1) is 0 Å². The van der Waals surface area contributed by atoms with Crippen molar-refractivity contribution in [1.82, 2.24) is 0 Å². The van der Waals surface area contributed by atoms with Crippen LogP contribution in [0.5, 0.6) is 23.0 Å². The van der Waals surface area contributed by atoms with Crippen LogP contribution < -0.4 is 9.47 Å². The number of hydrogen-bond acceptors (Lipinski definition) is 8. The van der Waals surface area contributed by atoms with Gasteiger partial charge in [0.05, 0.1) is 22.3 Å². The molecule has 6 rings (SSSR count). The molecule has 0 amide bonds. The molecule has 0 aromatic heterocycles. The van der Waals surface area contributed by atoms with Gasteiger partial charge in [-0.25, -0.2) is 23.6 Å². The van der Waals surface area contributed by atoms with Crippen molar-refractivity contribution in [3.05, 3.63) is 118 Å². The Morgan fingerprint density at radius 3 is 1.14 bits per heavy atom. The molecule has 2 aliphatic heterocycles. The highest BCUT2D eigenvalue weighted by Crippen LogP contribution is 2.48. The van der Waals surface area contributed by atoms with Gasteiger partial charge in [0.15, 0.2) is 0 Å². The molecular weight excluding hydrogens is 564 g/mol. The molecule has 0 saturated heterocycles. The van der Waals surface area contributed by atoms with E-state index in [2.05, 4.69) is 9.47 Å². The van der Waals surface area contributed by atoms with Gasteiger partial charge < -0.3 is 18.9 Å². The lowest BCUT2D eigenvalue weighted by Crippen LogP contribution is -2.39. The van der Waals surface area contributed by atoms with E-state index in [1.807, 2.05) is 0 Å². The molecule has 2 heterocycles. The standard InChI is InChI=1S/C30H14F4O8/c31-29(30(32,33)34,15-1-5-17(6-2-15)39-19-9-11-21-23(13-19)27(37)41-25(21)35)16-3-7-18(8-4-16)40-20-10-12-22-24(14-20)28(38)42-26(22)36/h1-14H. The zero-order valence-electron chi connectivity index (χ0n) is 20.9. The van der Waals surface area contributed by atoms with Crippen molar-refractivity contribution in [1.29, 1.82) is 0 Å². The summed E-state index contributed by atoms with van der Waals surface area (Å²) in [6.07, 6.45) is -5.35. The second-order valence-electron chi connectivity index (χ2n) is 9.18. The molecule has 2 aliphatic rings. The lowest BCUT2D eigenvalue weighted by atomic mass is 9.87. The maximum Gasteiger partial charge on any atom is 0.431 e. The molecule has 0 atom stereocenters. The summed E-state index contributed by atoms with van der Waals surface area (Å²) in [7, 11) is 0. The molecule has 0 unspecified atom stereocenters. The van der Waals surface area contributed by atoms with Crippen LogP contribution in [0.15, 0.2) is 84.9 Å². The third kappa shape index (κ3) is 4.42. The topological polar surface area (TPSA) is 105 Å². The Kier molecular flexibility index (Phi) is 6.07. The van der Waals surface area contributed by atoms with Crippen molar-refractivity contribution in [2.45, 2.75) is 11.8 Å². The summed E-state index contributed by atoms with van der Waals surface area (Å²) in [5.74, 6) is -3.00. The van der Waals surface area contributed by atoms with Gasteiger partial charge in [-0.2, -0.15) is 13.2 Å². The molecule has 12 heteroatoms. The summed E-state index contributed by atoms with van der Waals surface area (Å²) in [5, 5.41) is 0. The molecular formula is C30H14F4O8. The SMILES string of the molecule is O=C1OC(=O)c2cc(Oc3ccc(C(F)(c4ccc(Oc5ccc6c(c5)C(=O)OC6=O)cc4)C(F)(F)F)cc3)ccc21. The summed E-state index contributed by atoms with van der Waals surface area (Å²) < 4.78 is 78.7. The van der Waals surface area contributed by atoms with E-state index < -0.39 is 46.8 Å². The summed E-state index contributed by atoms with van der Waals surface area (Å²) in [6, 6.07) is 16.1. The second-order valence-corrected chi connectivity index (χ2v) is 9.18. The minimum atomic E-state index is -5.35. The zero-order valence-corrected chi connectivity index (χ0v) is 20.9. The highest BCUT2D eigenvalue weighted by atomic mass is 19.4. The first kappa shape index (κ1) is 26.7. The third-order valence-electron chi connectivity index (χ3n) is 6.60. The molecule has 4 aromatic rings. The van der Waals surface area contributed by atoms with Crippen LogP contribution in [0, 0.1) is 0 Å². The van der Waals surface area contributed by atoms with Crippen molar-refractivity contribution in [3.63, 3.8) is 0 Å². The molecule has 210 valence electrons. The van der Waals surface area contributed by atoms with Gasteiger partial charge in [0, 0.05) is 11.1 Å². The monoisotopic (exact) mass is 578 g/mol. The number of hydrogen-bond donors (Lipinski definition) is 0. The first-order chi connectivity index (χ1) is 19.9. The lowest BCUT2D eigenvalue weighted by molar-refractivity contribution is -0.219. The maximum absolute atomic E-state index is 16.0. The molecule has 42 heavy (non-hydrogen) atoms. The maximum atomic E-state index is 16.0. The summed E-state index contributed by atoms with van der Waals surface area (Å²) >= 11 is 0. The molecule has 8 nitrogen and oxygen atoms in total. The molecule has 0 N–H and O–H groups in total. The van der Waals surface area contributed by atoms with E-state index in [0.717, 1.165) is 48.5 Å². The van der Waals surface area contributed by atoms with Crippen molar-refractivity contribution < 1.29 is 55.7 Å². The highest BCUT2D eigenvalue weighted by Gasteiger charge is 2.58. The van der Waals surface area contributed by atoms with E-state index in [4.69, 9.17) is 9.47 Å². The Labute approximate surface area is 233 Å². The van der Waals surface area contributed by atoms with Crippen LogP contribution in [-0.2, 0) is 15.1 Å². The molecule has 0 spiro atoms. The molecule has 0 radical (unpaired) electrons. The van der Waals surface area contributed by atoms with Crippen LogP contribution in [0.1, 0.15) is 52.6 Å². The molecule has 0 bridgehead atoms. The number of alkyl halides is 4. The Morgan fingerprint density at radius 1 is 0.452 bits per heavy atom. The molecule has 0 saturated carbocycles. The Bertz CT molecular complexity index is 1670. The second kappa shape index (κ2) is 9.54. The van der Waals surface area contributed by atoms with E-state index in [1.165, 1.54) is 36.4 Å². The van der Waals surface area contributed by atoms with Crippen LogP contribution >= 0.6 is 0 Å². The van der Waals surface area contributed by atoms with E-state index >= 15 is 4.39 Å². The Balaban J connectivity index is 1.23. The summed E-state index contributed by atoms with van der Waals surface area (Å²) in [4.78, 5) is 46.7. The van der Waals surface area contributed by atoms with Crippen LogP contribution in [0.2, 0.25) is 0 Å². The van der Waals surface area contributed by atoms with Crippen molar-refractivity contribution >= 4 is 23.9 Å². The van der Waals surface area contributed by atoms with Crippen molar-refractivity contribution in [3.8, 4) is 23.0 Å². The van der Waals surface area contributed by atoms with E-state index in [1.54, 1.807) is 0 Å². The molecule has 4 aromatic carbocycles. The fraction of sp³-hybridized carbons (Fsp3) is 0.0667. The number of halogens is 4. The quantitative estimate of drug-likeness (QED) is 0.142. The van der Waals surface area contributed by atoms with Gasteiger partial charge in [-0.3, -0.25) is 0 Å². The minimum absolute atomic E-state index is 0.0184. The van der Waals surface area contributed by atoms with Crippen LogP contribution in [-0.4, -0.2) is 30.1 Å². The fourth-order valence-corrected chi connectivity index (χ4v) is 4.53. The lowest BCUT2D eigenvalue weighted by Gasteiger charge is -2.29. The number of cyclic esters (lactones) is 4. The van der Waals surface area contributed by atoms with Crippen LogP contribution in [0.3, 0.4) is 0 Å². The number of carbonyl (C=O) groups is 4. The first-order valence-electron chi connectivity index (χ1n) is 12.1. The van der Waals surface area contributed by atoms with Crippen LogP contribution in [0.4, 0.5) is 17.6 Å². The Hall–Kier alpha value is -5.52. The van der Waals surface area contributed by atoms with Crippen molar-refractivity contribution in [2.24, 2.45) is 0 Å². The Morgan fingerprint density at radius 2 is 0.786 bits per heavy atom. The number of rotatable bonds is 6. The van der Waals surface area contributed by atoms with Crippen molar-refractivity contribution in [2.75, 3.05) is 0 Å². The predicted molar refractivity (Wildman–Crippen MR) is 133 cm³/mol. The minimum Gasteiger partial charge on any atom is -0.457 e. The molecule has 0 fully saturated rings. The number of carbonyl (C=O) groups excluding carboxylic acids is 4. The average Bonchev–Trinajstić information content (AvgIpc) is 3.41. The van der Waals surface area contributed by atoms with Gasteiger partial charge in [0.25, 0.3) is 5.67 Å². The predicted octanol–water partition coefficient (Wildman–Crippen LogP) is 6.67. The normalized spacial score (nSPS) is 14.3. The van der Waals surface area contributed by atoms with Crippen LogP contribution in [0.25, 0.3) is 0 Å². The highest BCUT2D eigenvalue weighted by molar-refractivity contribution is 6.15. The fourth-order valence-electron chi connectivity index (χ4n) is 4.53. The summed E-state index contributed by atoms with van der Waals surface area (Å²) in [6.45, 7) is 0. The van der Waals surface area contributed by atoms with Gasteiger partial charge in [0.2, 0.25) is 0 Å². The smallest absolute Gasteiger partial charge is 0.431 e. The van der Waals surface area contributed by atoms with Gasteiger partial charge >= 0.3 is 30.1 Å². The first-order valence-corrected chi connectivity index (χ1v) is 12.1. The van der Waals surface area contributed by atoms with Gasteiger partial charge in [0.1, 0.15) is 23.0 Å². The van der Waals surface area contributed by atoms with Gasteiger partial charge in [-0.1, -0.05) is 24.3 Å². The average molecular weight is 578 g/mol. The number of fused-ring (bicyclic) bond motifs is 2. The van der Waals surface area contributed by atoms with Gasteiger partial charge in [-0.05, 0) is 60.7 Å². The van der Waals surface area contributed by atoms with E-state index in [9.17, 15) is 32.3 Å². The van der Waals surface area contributed by atoms with E-state index in [-0.39, 0.29) is 45.3 Å². The number of ether oxygens (including phenoxy) is 4. The van der Waals surface area contributed by atoms with E-state index in [0.29, 0.717) is 0 Å². The molecule has 0 aliphatic carbocycles.